The second kappa shape index (κ2) is 3.05. The van der Waals surface area contributed by atoms with Crippen LogP contribution in [0.4, 0.5) is 0 Å². The highest BCUT2D eigenvalue weighted by Crippen LogP contribution is 2.28. The maximum Gasteiger partial charge on any atom is 0.223 e. The molecule has 3 atom stereocenters. The third kappa shape index (κ3) is 1.22. The first kappa shape index (κ1) is 8.05. The second-order valence-corrected chi connectivity index (χ2v) is 3.75. The van der Waals surface area contributed by atoms with Gasteiger partial charge in [-0.1, -0.05) is 6.92 Å². The Morgan fingerprint density at radius 1 is 1.58 bits per heavy atom. The number of hydrogen-bond donors (Lipinski definition) is 1. The van der Waals surface area contributed by atoms with Gasteiger partial charge in [0, 0.05) is 25.0 Å². The molecular formula is C9H15NO2. The fraction of sp³-hybridized carbons (Fsp3) is 0.889. The van der Waals surface area contributed by atoms with Gasteiger partial charge in [0.05, 0.1) is 6.10 Å². The first-order valence-corrected chi connectivity index (χ1v) is 4.68. The molecule has 68 valence electrons. The zero-order valence-corrected chi connectivity index (χ0v) is 7.38. The molecule has 0 aliphatic carbocycles. The molecule has 3 unspecified atom stereocenters. The Bertz CT molecular complexity index is 187. The topological polar surface area (TPSA) is 38.3 Å². The van der Waals surface area contributed by atoms with Crippen LogP contribution in [0.2, 0.25) is 0 Å². The number of amides is 1. The third-order valence-electron chi connectivity index (χ3n) is 3.01. The molecule has 2 aliphatic rings. The zero-order valence-electron chi connectivity index (χ0n) is 7.38. The lowest BCUT2D eigenvalue weighted by Gasteiger charge is -2.19. The van der Waals surface area contributed by atoms with Crippen LogP contribution >= 0.6 is 0 Å². The van der Waals surface area contributed by atoms with Gasteiger partial charge >= 0.3 is 0 Å². The molecule has 3 nitrogen and oxygen atoms in total. The predicted octanol–water partition coefficient (Wildman–Crippen LogP) is 0.547. The molecule has 0 saturated carbocycles. The van der Waals surface area contributed by atoms with E-state index in [0.717, 1.165) is 26.0 Å². The van der Waals surface area contributed by atoms with E-state index >= 15 is 0 Å². The van der Waals surface area contributed by atoms with Crippen LogP contribution in [0, 0.1) is 11.8 Å². The van der Waals surface area contributed by atoms with E-state index in [1.54, 1.807) is 0 Å². The molecule has 0 aromatic carbocycles. The molecule has 3 heteroatoms. The Labute approximate surface area is 72.5 Å². The van der Waals surface area contributed by atoms with Crippen molar-refractivity contribution in [3.05, 3.63) is 0 Å². The van der Waals surface area contributed by atoms with Gasteiger partial charge in [0.1, 0.15) is 0 Å². The van der Waals surface area contributed by atoms with Crippen molar-refractivity contribution < 1.29 is 9.53 Å². The summed E-state index contributed by atoms with van der Waals surface area (Å²) in [4.78, 5) is 11.2. The van der Waals surface area contributed by atoms with E-state index in [2.05, 4.69) is 5.32 Å². The zero-order chi connectivity index (χ0) is 8.55. The van der Waals surface area contributed by atoms with Gasteiger partial charge in [-0.15, -0.1) is 0 Å². The predicted molar refractivity (Wildman–Crippen MR) is 44.6 cm³/mol. The van der Waals surface area contributed by atoms with E-state index in [0.29, 0.717) is 12.0 Å². The summed E-state index contributed by atoms with van der Waals surface area (Å²) < 4.78 is 5.56. The molecule has 1 N–H and O–H groups in total. The summed E-state index contributed by atoms with van der Waals surface area (Å²) in [6.45, 7) is 3.68. The molecule has 2 rings (SSSR count). The molecule has 1 amide bonds. The van der Waals surface area contributed by atoms with Gasteiger partial charge in [0.25, 0.3) is 0 Å². The summed E-state index contributed by atoms with van der Waals surface area (Å²) in [5.41, 5.74) is 0. The minimum atomic E-state index is 0.146. The van der Waals surface area contributed by atoms with Crippen molar-refractivity contribution in [1.82, 2.24) is 5.32 Å². The van der Waals surface area contributed by atoms with Crippen molar-refractivity contribution in [3.63, 3.8) is 0 Å². The van der Waals surface area contributed by atoms with Gasteiger partial charge in [0.15, 0.2) is 0 Å². The molecule has 0 spiro atoms. The van der Waals surface area contributed by atoms with E-state index in [9.17, 15) is 4.79 Å². The van der Waals surface area contributed by atoms with Crippen molar-refractivity contribution >= 4 is 5.91 Å². The number of ether oxygens (including phenoxy) is 1. The molecule has 0 aromatic rings. The van der Waals surface area contributed by atoms with Crippen LogP contribution in [0.15, 0.2) is 0 Å². The fourth-order valence-corrected chi connectivity index (χ4v) is 2.14. The molecular weight excluding hydrogens is 154 g/mol. The van der Waals surface area contributed by atoms with Crippen molar-refractivity contribution in [2.75, 3.05) is 13.2 Å². The van der Waals surface area contributed by atoms with Gasteiger partial charge in [-0.3, -0.25) is 4.79 Å². The summed E-state index contributed by atoms with van der Waals surface area (Å²) in [6.07, 6.45) is 2.62. The SMILES string of the molecule is CC1C(=O)NCC1C1CCCO1. The lowest BCUT2D eigenvalue weighted by Crippen LogP contribution is -2.25. The molecule has 0 radical (unpaired) electrons. The van der Waals surface area contributed by atoms with Crippen LogP contribution in [0.1, 0.15) is 19.8 Å². The molecule has 2 saturated heterocycles. The van der Waals surface area contributed by atoms with Crippen LogP contribution < -0.4 is 5.32 Å². The Morgan fingerprint density at radius 2 is 2.42 bits per heavy atom. The highest BCUT2D eigenvalue weighted by atomic mass is 16.5. The average Bonchev–Trinajstić information content (AvgIpc) is 2.64. The molecule has 0 bridgehead atoms. The van der Waals surface area contributed by atoms with Crippen molar-refractivity contribution in [1.29, 1.82) is 0 Å². The van der Waals surface area contributed by atoms with E-state index in [1.807, 2.05) is 6.92 Å². The third-order valence-corrected chi connectivity index (χ3v) is 3.01. The Kier molecular flexibility index (Phi) is 2.05. The molecule has 0 aromatic heterocycles. The number of carbonyl (C=O) groups is 1. The van der Waals surface area contributed by atoms with E-state index in [-0.39, 0.29) is 11.8 Å². The summed E-state index contributed by atoms with van der Waals surface area (Å²) in [5.74, 6) is 0.753. The molecule has 2 aliphatic heterocycles. The summed E-state index contributed by atoms with van der Waals surface area (Å²) in [5, 5.41) is 2.88. The smallest absolute Gasteiger partial charge is 0.223 e. The maximum atomic E-state index is 11.2. The van der Waals surface area contributed by atoms with Crippen LogP contribution in [-0.2, 0) is 9.53 Å². The number of rotatable bonds is 1. The van der Waals surface area contributed by atoms with Gasteiger partial charge < -0.3 is 10.1 Å². The van der Waals surface area contributed by atoms with Gasteiger partial charge in [0.2, 0.25) is 5.91 Å². The molecule has 2 heterocycles. The summed E-state index contributed by atoms with van der Waals surface area (Å²) in [6, 6.07) is 0. The molecule has 2 fully saturated rings. The maximum absolute atomic E-state index is 11.2. The summed E-state index contributed by atoms with van der Waals surface area (Å²) in [7, 11) is 0. The number of carbonyl (C=O) groups excluding carboxylic acids is 1. The van der Waals surface area contributed by atoms with Crippen LogP contribution in [0.25, 0.3) is 0 Å². The van der Waals surface area contributed by atoms with Gasteiger partial charge in [-0.05, 0) is 12.8 Å². The van der Waals surface area contributed by atoms with Crippen molar-refractivity contribution in [3.8, 4) is 0 Å². The van der Waals surface area contributed by atoms with E-state index < -0.39 is 0 Å². The summed E-state index contributed by atoms with van der Waals surface area (Å²) >= 11 is 0. The highest BCUT2D eigenvalue weighted by molar-refractivity contribution is 5.80. The quantitative estimate of drug-likeness (QED) is 0.622. The minimum absolute atomic E-state index is 0.146. The fourth-order valence-electron chi connectivity index (χ4n) is 2.14. The Hall–Kier alpha value is -0.570. The van der Waals surface area contributed by atoms with Crippen LogP contribution in [0.3, 0.4) is 0 Å². The van der Waals surface area contributed by atoms with Crippen molar-refractivity contribution in [2.45, 2.75) is 25.9 Å². The lowest BCUT2D eigenvalue weighted by molar-refractivity contribution is -0.123. The number of nitrogens with one attached hydrogen (secondary N) is 1. The van der Waals surface area contributed by atoms with Gasteiger partial charge in [-0.25, -0.2) is 0 Å². The van der Waals surface area contributed by atoms with Gasteiger partial charge in [-0.2, -0.15) is 0 Å². The standard InChI is InChI=1S/C9H15NO2/c1-6-7(5-10-9(6)11)8-3-2-4-12-8/h6-8H,2-5H2,1H3,(H,10,11). The Morgan fingerprint density at radius 3 is 2.92 bits per heavy atom. The first-order valence-electron chi connectivity index (χ1n) is 4.68. The largest absolute Gasteiger partial charge is 0.378 e. The second-order valence-electron chi connectivity index (χ2n) is 3.75. The average molecular weight is 169 g/mol. The lowest BCUT2D eigenvalue weighted by atomic mass is 9.90. The Balaban J connectivity index is 1.99. The minimum Gasteiger partial charge on any atom is -0.378 e. The highest BCUT2D eigenvalue weighted by Gasteiger charge is 2.38. The normalized spacial score (nSPS) is 41.8. The first-order chi connectivity index (χ1) is 5.79. The van der Waals surface area contributed by atoms with Crippen LogP contribution in [-0.4, -0.2) is 25.2 Å². The van der Waals surface area contributed by atoms with Crippen LogP contribution in [0.5, 0.6) is 0 Å². The number of hydrogen-bond acceptors (Lipinski definition) is 2. The molecule has 12 heavy (non-hydrogen) atoms. The monoisotopic (exact) mass is 169 g/mol. The van der Waals surface area contributed by atoms with Crippen molar-refractivity contribution in [2.24, 2.45) is 11.8 Å². The van der Waals surface area contributed by atoms with E-state index in [1.165, 1.54) is 0 Å². The van der Waals surface area contributed by atoms with E-state index in [4.69, 9.17) is 4.74 Å².